The number of aliphatic hydroxyl groups is 1. The minimum absolute atomic E-state index is 0.0822. The van der Waals surface area contributed by atoms with Gasteiger partial charge in [0.15, 0.2) is 0 Å². The van der Waals surface area contributed by atoms with E-state index in [2.05, 4.69) is 19.2 Å². The summed E-state index contributed by atoms with van der Waals surface area (Å²) in [7, 11) is 0. The minimum atomic E-state index is -0.0822. The summed E-state index contributed by atoms with van der Waals surface area (Å²) in [6.45, 7) is 9.19. The van der Waals surface area contributed by atoms with Crippen molar-refractivity contribution in [2.45, 2.75) is 52.2 Å². The van der Waals surface area contributed by atoms with Gasteiger partial charge in [-0.2, -0.15) is 0 Å². The summed E-state index contributed by atoms with van der Waals surface area (Å²) < 4.78 is 0. The van der Waals surface area contributed by atoms with Gasteiger partial charge in [0, 0.05) is 5.54 Å². The third-order valence-electron chi connectivity index (χ3n) is 1.83. The lowest BCUT2D eigenvalue weighted by Gasteiger charge is -2.33. The summed E-state index contributed by atoms with van der Waals surface area (Å²) >= 11 is 0. The topological polar surface area (TPSA) is 32.3 Å². The molecule has 0 aromatic rings. The van der Waals surface area contributed by atoms with Crippen molar-refractivity contribution in [3.05, 3.63) is 0 Å². The van der Waals surface area contributed by atoms with Crippen molar-refractivity contribution in [3.63, 3.8) is 0 Å². The number of piperidine rings is 1. The lowest BCUT2D eigenvalue weighted by atomic mass is 9.91. The zero-order valence-corrected chi connectivity index (χ0v) is 8.15. The molecule has 1 heterocycles. The van der Waals surface area contributed by atoms with Crippen LogP contribution in [-0.4, -0.2) is 23.3 Å². The van der Waals surface area contributed by atoms with Gasteiger partial charge in [0.1, 0.15) is 0 Å². The third kappa shape index (κ3) is 4.38. The molecule has 1 aliphatic rings. The van der Waals surface area contributed by atoms with Crippen molar-refractivity contribution in [1.82, 2.24) is 5.32 Å². The van der Waals surface area contributed by atoms with Gasteiger partial charge in [0.2, 0.25) is 0 Å². The van der Waals surface area contributed by atoms with Crippen molar-refractivity contribution in [3.8, 4) is 0 Å². The number of hydrogen-bond donors (Lipinski definition) is 2. The van der Waals surface area contributed by atoms with Gasteiger partial charge >= 0.3 is 0 Å². The molecule has 1 unspecified atom stereocenters. The van der Waals surface area contributed by atoms with Crippen LogP contribution < -0.4 is 5.32 Å². The van der Waals surface area contributed by atoms with Crippen LogP contribution in [0, 0.1) is 0 Å². The van der Waals surface area contributed by atoms with Crippen LogP contribution in [0.2, 0.25) is 0 Å². The van der Waals surface area contributed by atoms with Crippen LogP contribution >= 0.6 is 0 Å². The number of hydrogen-bond acceptors (Lipinski definition) is 2. The molecule has 11 heavy (non-hydrogen) atoms. The van der Waals surface area contributed by atoms with Gasteiger partial charge in [-0.05, 0) is 33.2 Å². The lowest BCUT2D eigenvalue weighted by molar-refractivity contribution is 0.0913. The Morgan fingerprint density at radius 3 is 2.18 bits per heavy atom. The maximum atomic E-state index is 9.20. The van der Waals surface area contributed by atoms with Gasteiger partial charge in [-0.3, -0.25) is 0 Å². The Kier molecular flexibility index (Phi) is 4.69. The number of nitrogens with one attached hydrogen (secondary N) is 1. The molecule has 0 aliphatic carbocycles. The summed E-state index contributed by atoms with van der Waals surface area (Å²) in [5.41, 5.74) is 0.150. The first kappa shape index (κ1) is 10.9. The second-order valence-corrected chi connectivity index (χ2v) is 3.46. The van der Waals surface area contributed by atoms with E-state index in [9.17, 15) is 5.11 Å². The Bertz CT molecular complexity index is 102. The van der Waals surface area contributed by atoms with Crippen LogP contribution in [0.25, 0.3) is 0 Å². The van der Waals surface area contributed by atoms with Crippen LogP contribution in [0.3, 0.4) is 0 Å². The molecule has 0 saturated carbocycles. The molecule has 1 aliphatic heterocycles. The predicted octanol–water partition coefficient (Wildman–Crippen LogP) is 1.54. The fraction of sp³-hybridized carbons (Fsp3) is 1.00. The molecule has 0 aromatic carbocycles. The highest BCUT2D eigenvalue weighted by Crippen LogP contribution is 2.17. The monoisotopic (exact) mass is 159 g/mol. The van der Waals surface area contributed by atoms with E-state index in [-0.39, 0.29) is 11.6 Å². The van der Waals surface area contributed by atoms with Gasteiger partial charge in [-0.1, -0.05) is 13.8 Å². The molecule has 1 saturated heterocycles. The zero-order valence-electron chi connectivity index (χ0n) is 8.15. The van der Waals surface area contributed by atoms with Gasteiger partial charge in [-0.15, -0.1) is 0 Å². The van der Waals surface area contributed by atoms with E-state index in [1.54, 1.807) is 0 Å². The minimum Gasteiger partial charge on any atom is -0.393 e. The van der Waals surface area contributed by atoms with E-state index in [1.165, 1.54) is 0 Å². The average Bonchev–Trinajstić information content (AvgIpc) is 1.89. The van der Waals surface area contributed by atoms with E-state index in [0.717, 1.165) is 19.4 Å². The van der Waals surface area contributed by atoms with E-state index in [0.29, 0.717) is 0 Å². The van der Waals surface area contributed by atoms with Crippen LogP contribution in [0.4, 0.5) is 0 Å². The first-order valence-electron chi connectivity index (χ1n) is 4.53. The normalized spacial score (nSPS) is 28.6. The Morgan fingerprint density at radius 1 is 1.36 bits per heavy atom. The zero-order chi connectivity index (χ0) is 8.91. The second kappa shape index (κ2) is 4.73. The molecule has 1 fully saturated rings. The molecular weight excluding hydrogens is 138 g/mol. The molecule has 0 bridgehead atoms. The average molecular weight is 159 g/mol. The summed E-state index contributed by atoms with van der Waals surface area (Å²) in [4.78, 5) is 0. The van der Waals surface area contributed by atoms with Crippen molar-refractivity contribution < 1.29 is 5.11 Å². The highest BCUT2D eigenvalue weighted by atomic mass is 16.3. The highest BCUT2D eigenvalue weighted by molar-refractivity contribution is 4.85. The SMILES string of the molecule is CC.CC1(C)CC(O)CCN1. The van der Waals surface area contributed by atoms with Crippen molar-refractivity contribution in [2.24, 2.45) is 0 Å². The molecule has 1 rings (SSSR count). The highest BCUT2D eigenvalue weighted by Gasteiger charge is 2.25. The first-order valence-corrected chi connectivity index (χ1v) is 4.53. The van der Waals surface area contributed by atoms with Crippen LogP contribution in [0.5, 0.6) is 0 Å². The van der Waals surface area contributed by atoms with Gasteiger partial charge in [0.25, 0.3) is 0 Å². The summed E-state index contributed by atoms with van der Waals surface area (Å²) in [6, 6.07) is 0. The first-order chi connectivity index (χ1) is 5.10. The molecule has 2 N–H and O–H groups in total. The van der Waals surface area contributed by atoms with Crippen LogP contribution in [0.15, 0.2) is 0 Å². The van der Waals surface area contributed by atoms with E-state index in [1.807, 2.05) is 13.8 Å². The largest absolute Gasteiger partial charge is 0.393 e. The Balaban J connectivity index is 0.000000461. The fourth-order valence-corrected chi connectivity index (χ4v) is 1.34. The summed E-state index contributed by atoms with van der Waals surface area (Å²) in [6.07, 6.45) is 1.71. The van der Waals surface area contributed by atoms with Crippen molar-refractivity contribution in [1.29, 1.82) is 0 Å². The van der Waals surface area contributed by atoms with Crippen molar-refractivity contribution in [2.75, 3.05) is 6.54 Å². The van der Waals surface area contributed by atoms with E-state index < -0.39 is 0 Å². The molecule has 2 nitrogen and oxygen atoms in total. The van der Waals surface area contributed by atoms with Crippen LogP contribution in [-0.2, 0) is 0 Å². The molecule has 0 radical (unpaired) electrons. The second-order valence-electron chi connectivity index (χ2n) is 3.46. The quantitative estimate of drug-likeness (QED) is 0.562. The molecular formula is C9H21NO. The van der Waals surface area contributed by atoms with Crippen LogP contribution in [0.1, 0.15) is 40.5 Å². The Morgan fingerprint density at radius 2 is 1.91 bits per heavy atom. The third-order valence-corrected chi connectivity index (χ3v) is 1.83. The molecule has 0 aromatic heterocycles. The molecule has 1 atom stereocenters. The van der Waals surface area contributed by atoms with Crippen molar-refractivity contribution >= 4 is 0 Å². The molecule has 68 valence electrons. The summed E-state index contributed by atoms with van der Waals surface area (Å²) in [5, 5.41) is 12.5. The fourth-order valence-electron chi connectivity index (χ4n) is 1.34. The molecule has 2 heteroatoms. The van der Waals surface area contributed by atoms with E-state index in [4.69, 9.17) is 0 Å². The molecule has 0 spiro atoms. The number of rotatable bonds is 0. The Hall–Kier alpha value is -0.0800. The van der Waals surface area contributed by atoms with Gasteiger partial charge < -0.3 is 10.4 Å². The smallest absolute Gasteiger partial charge is 0.0569 e. The predicted molar refractivity (Wildman–Crippen MR) is 48.7 cm³/mol. The lowest BCUT2D eigenvalue weighted by Crippen LogP contribution is -2.47. The summed E-state index contributed by atoms with van der Waals surface area (Å²) in [5.74, 6) is 0. The molecule has 0 amide bonds. The van der Waals surface area contributed by atoms with Gasteiger partial charge in [-0.25, -0.2) is 0 Å². The Labute approximate surface area is 70.0 Å². The standard InChI is InChI=1S/C7H15NO.C2H6/c1-7(2)5-6(9)3-4-8-7;1-2/h6,8-9H,3-5H2,1-2H3;1-2H3. The van der Waals surface area contributed by atoms with E-state index >= 15 is 0 Å². The van der Waals surface area contributed by atoms with Gasteiger partial charge in [0.05, 0.1) is 6.10 Å². The number of aliphatic hydroxyl groups excluding tert-OH is 1. The maximum Gasteiger partial charge on any atom is 0.0569 e. The maximum absolute atomic E-state index is 9.20.